The van der Waals surface area contributed by atoms with Crippen LogP contribution in [0.3, 0.4) is 0 Å². The third-order valence-electron chi connectivity index (χ3n) is 11.4. The van der Waals surface area contributed by atoms with Gasteiger partial charge in [-0.15, -0.1) is 0 Å². The summed E-state index contributed by atoms with van der Waals surface area (Å²) in [7, 11) is 1.37. The summed E-state index contributed by atoms with van der Waals surface area (Å²) < 4.78 is 4.86. The quantitative estimate of drug-likeness (QED) is 0.157. The lowest BCUT2D eigenvalue weighted by Gasteiger charge is -2.34. The molecule has 1 saturated heterocycles. The number of hydrogen-bond acceptors (Lipinski definition) is 9. The molecule has 4 aromatic rings. The zero-order chi connectivity index (χ0) is 39.1. The summed E-state index contributed by atoms with van der Waals surface area (Å²) in [4.78, 5) is 68.1. The Labute approximate surface area is 326 Å². The zero-order valence-electron chi connectivity index (χ0n) is 32.2. The molecule has 14 heteroatoms. The fourth-order valence-electron chi connectivity index (χ4n) is 8.56. The van der Waals surface area contributed by atoms with E-state index in [9.17, 15) is 14.4 Å². The van der Waals surface area contributed by atoms with E-state index in [0.29, 0.717) is 25.1 Å². The Morgan fingerprint density at radius 2 is 1.70 bits per heavy atom. The van der Waals surface area contributed by atoms with Crippen LogP contribution in [0.15, 0.2) is 77.1 Å². The van der Waals surface area contributed by atoms with Gasteiger partial charge in [0.25, 0.3) is 0 Å². The number of benzene rings is 2. The van der Waals surface area contributed by atoms with E-state index < -0.39 is 12.1 Å². The molecule has 56 heavy (non-hydrogen) atoms. The number of amides is 3. The standard InChI is InChI=1S/C42H48N10O4/c1-23(2)36(50-42(55)56-5)24(3)51-17-7-10-34(51)39-45-21-32(48-39)26-11-13-28(14-12-26)38-43-19-30(20-44-38)33-22-46-40(49-33)35-18-29-9-6-8-27-15-16-31(47-25(4)53)41(54)52(35)37(27)29/h6,8-9,11-14,19-23,30-31,34-36,38H,3,7,10,15-18H2,1-2,4-5H3,(H,45,48)(H,46,49)(H,47,53)(H,50,55). The molecule has 3 amide bonds. The molecule has 6 heterocycles. The van der Waals surface area contributed by atoms with E-state index in [0.717, 1.165) is 70.2 Å². The lowest BCUT2D eigenvalue weighted by Crippen LogP contribution is -2.47. The van der Waals surface area contributed by atoms with Crippen molar-refractivity contribution < 1.29 is 19.1 Å². The Kier molecular flexibility index (Phi) is 10.0. The smallest absolute Gasteiger partial charge is 0.407 e. The topological polar surface area (TPSA) is 173 Å². The number of imidazole rings is 2. The van der Waals surface area contributed by atoms with E-state index in [4.69, 9.17) is 24.7 Å². The number of anilines is 1. The highest BCUT2D eigenvalue weighted by Gasteiger charge is 2.43. The number of aromatic amines is 2. The van der Waals surface area contributed by atoms with Gasteiger partial charge in [0.2, 0.25) is 11.8 Å². The van der Waals surface area contributed by atoms with Gasteiger partial charge >= 0.3 is 6.09 Å². The van der Waals surface area contributed by atoms with Crippen molar-refractivity contribution in [2.24, 2.45) is 15.9 Å². The number of nitrogens with one attached hydrogen (secondary N) is 4. The molecule has 4 unspecified atom stereocenters. The molecule has 0 spiro atoms. The molecule has 4 atom stereocenters. The Bertz CT molecular complexity index is 2190. The average Bonchev–Trinajstić information content (AvgIpc) is 4.03. The van der Waals surface area contributed by atoms with Gasteiger partial charge in [-0.2, -0.15) is 0 Å². The summed E-state index contributed by atoms with van der Waals surface area (Å²) in [5.74, 6) is 1.18. The van der Waals surface area contributed by atoms with Gasteiger partial charge in [0.1, 0.15) is 17.7 Å². The Morgan fingerprint density at radius 3 is 2.43 bits per heavy atom. The number of para-hydroxylation sites is 1. The highest BCUT2D eigenvalue weighted by Crippen LogP contribution is 2.44. The summed E-state index contributed by atoms with van der Waals surface area (Å²) in [6.07, 6.45) is 10.4. The Morgan fingerprint density at radius 1 is 0.964 bits per heavy atom. The summed E-state index contributed by atoms with van der Waals surface area (Å²) >= 11 is 0. The molecule has 4 N–H and O–H groups in total. The zero-order valence-corrected chi connectivity index (χ0v) is 32.2. The normalized spacial score (nSPS) is 23.2. The number of hydrogen-bond donors (Lipinski definition) is 4. The molecule has 0 radical (unpaired) electrons. The molecule has 2 aromatic carbocycles. The van der Waals surface area contributed by atoms with E-state index in [1.165, 1.54) is 14.0 Å². The minimum atomic E-state index is -0.584. The molecule has 14 nitrogen and oxygen atoms in total. The number of methoxy groups -OCH3 is 1. The first-order valence-corrected chi connectivity index (χ1v) is 19.4. The first-order chi connectivity index (χ1) is 27.1. The largest absolute Gasteiger partial charge is 0.453 e. The van der Waals surface area contributed by atoms with Crippen LogP contribution in [0.1, 0.15) is 98.2 Å². The molecular weight excluding hydrogens is 709 g/mol. The maximum atomic E-state index is 13.8. The number of ether oxygens (including phenoxy) is 1. The van der Waals surface area contributed by atoms with Crippen molar-refractivity contribution >= 4 is 36.0 Å². The Balaban J connectivity index is 0.923. The van der Waals surface area contributed by atoms with Gasteiger partial charge in [-0.05, 0) is 53.9 Å². The third kappa shape index (κ3) is 6.99. The van der Waals surface area contributed by atoms with Gasteiger partial charge in [-0.1, -0.05) is 62.9 Å². The number of alkyl carbamates (subject to hydrolysis) is 1. The van der Waals surface area contributed by atoms with Gasteiger partial charge in [-0.25, -0.2) is 14.8 Å². The van der Waals surface area contributed by atoms with E-state index in [-0.39, 0.29) is 47.9 Å². The van der Waals surface area contributed by atoms with Gasteiger partial charge < -0.3 is 30.2 Å². The molecule has 290 valence electrons. The number of H-pyrrole nitrogens is 2. The Hall–Kier alpha value is -6.05. The number of carbonyl (C=O) groups is 3. The van der Waals surface area contributed by atoms with Crippen LogP contribution in [0.2, 0.25) is 0 Å². The lowest BCUT2D eigenvalue weighted by molar-refractivity contribution is -0.126. The van der Waals surface area contributed by atoms with Crippen molar-refractivity contribution in [2.75, 3.05) is 18.6 Å². The second kappa shape index (κ2) is 15.2. The van der Waals surface area contributed by atoms with E-state index in [1.807, 2.05) is 41.7 Å². The molecule has 1 fully saturated rings. The summed E-state index contributed by atoms with van der Waals surface area (Å²) in [6, 6.07) is 13.3. The fraction of sp³-hybridized carbons (Fsp3) is 0.405. The maximum absolute atomic E-state index is 13.8. The van der Waals surface area contributed by atoms with Crippen molar-refractivity contribution in [3.05, 3.63) is 101 Å². The van der Waals surface area contributed by atoms with Crippen LogP contribution in [-0.2, 0) is 27.2 Å². The number of likely N-dealkylation sites (tertiary alicyclic amines) is 1. The maximum Gasteiger partial charge on any atom is 0.407 e. The second-order valence-corrected chi connectivity index (χ2v) is 15.4. The summed E-state index contributed by atoms with van der Waals surface area (Å²) in [6.45, 7) is 10.8. The molecule has 0 bridgehead atoms. The van der Waals surface area contributed by atoms with Crippen LogP contribution in [-0.4, -0.2) is 80.9 Å². The number of carbonyl (C=O) groups excluding carboxylic acids is 3. The van der Waals surface area contributed by atoms with E-state index >= 15 is 0 Å². The number of aromatic nitrogens is 4. The molecule has 4 aliphatic heterocycles. The van der Waals surface area contributed by atoms with Gasteiger partial charge in [0, 0.05) is 49.9 Å². The van der Waals surface area contributed by atoms with Crippen LogP contribution in [0.25, 0.3) is 11.3 Å². The third-order valence-corrected chi connectivity index (χ3v) is 11.4. The highest BCUT2D eigenvalue weighted by molar-refractivity contribution is 6.02. The molecule has 0 aliphatic carbocycles. The van der Waals surface area contributed by atoms with Crippen molar-refractivity contribution in [1.82, 2.24) is 35.5 Å². The van der Waals surface area contributed by atoms with Crippen LogP contribution >= 0.6 is 0 Å². The van der Waals surface area contributed by atoms with Crippen molar-refractivity contribution in [3.8, 4) is 11.3 Å². The molecular formula is C42H48N10O4. The SMILES string of the molecule is C=C(C(NC(=O)OC)C(C)C)N1CCCC1c1ncc(-c2ccc(C3N=CC(c4cnc(C5Cc6cccc7c6N5C(=O)C(NC(C)=O)CC7)[nH]4)C=N3)cc2)[nH]1. The van der Waals surface area contributed by atoms with E-state index in [2.05, 4.69) is 70.2 Å². The van der Waals surface area contributed by atoms with Crippen molar-refractivity contribution in [3.63, 3.8) is 0 Å². The van der Waals surface area contributed by atoms with Crippen LogP contribution in [0, 0.1) is 5.92 Å². The van der Waals surface area contributed by atoms with E-state index in [1.54, 1.807) is 6.20 Å². The number of aliphatic imine (C=N–C) groups is 2. The fourth-order valence-corrected chi connectivity index (χ4v) is 8.56. The minimum absolute atomic E-state index is 0.0301. The number of nitrogens with zero attached hydrogens (tertiary/aromatic N) is 6. The number of rotatable bonds is 10. The highest BCUT2D eigenvalue weighted by atomic mass is 16.5. The predicted molar refractivity (Wildman–Crippen MR) is 213 cm³/mol. The minimum Gasteiger partial charge on any atom is -0.453 e. The van der Waals surface area contributed by atoms with Gasteiger partial charge in [0.15, 0.2) is 6.17 Å². The van der Waals surface area contributed by atoms with Crippen LogP contribution in [0.5, 0.6) is 0 Å². The molecule has 8 rings (SSSR count). The average molecular weight is 757 g/mol. The molecule has 0 saturated carbocycles. The summed E-state index contributed by atoms with van der Waals surface area (Å²) in [5.41, 5.74) is 7.75. The summed E-state index contributed by atoms with van der Waals surface area (Å²) in [5, 5.41) is 5.80. The predicted octanol–water partition coefficient (Wildman–Crippen LogP) is 5.85. The number of aryl methyl sites for hydroxylation is 1. The van der Waals surface area contributed by atoms with Crippen molar-refractivity contribution in [1.29, 1.82) is 0 Å². The molecule has 2 aromatic heterocycles. The van der Waals surface area contributed by atoms with Gasteiger partial charge in [0.05, 0.1) is 48.7 Å². The first-order valence-electron chi connectivity index (χ1n) is 19.4. The monoisotopic (exact) mass is 756 g/mol. The van der Waals surface area contributed by atoms with Crippen molar-refractivity contribution in [2.45, 2.75) is 89.1 Å². The van der Waals surface area contributed by atoms with Crippen LogP contribution < -0.4 is 15.5 Å². The second-order valence-electron chi connectivity index (χ2n) is 15.4. The van der Waals surface area contributed by atoms with Gasteiger partial charge in [-0.3, -0.25) is 24.5 Å². The van der Waals surface area contributed by atoms with Crippen LogP contribution in [0.4, 0.5) is 10.5 Å². The molecule has 4 aliphatic rings. The first kappa shape index (κ1) is 36.9. The lowest BCUT2D eigenvalue weighted by atomic mass is 10.00.